The molecule has 0 spiro atoms. The average Bonchev–Trinajstić information content (AvgIpc) is 2.61. The fourth-order valence-corrected chi connectivity index (χ4v) is 3.05. The number of nitrogens with one attached hydrogen (secondary N) is 1. The highest BCUT2D eigenvalue weighted by molar-refractivity contribution is 5.96. The molecule has 3 rings (SSSR count). The molecule has 0 aliphatic heterocycles. The monoisotopic (exact) mass is 362 g/mol. The summed E-state index contributed by atoms with van der Waals surface area (Å²) in [5.41, 5.74) is 1.68. The molecular formula is C18H16F2N2O4. The van der Waals surface area contributed by atoms with Crippen molar-refractivity contribution in [1.82, 2.24) is 10.3 Å². The number of rotatable bonds is 5. The van der Waals surface area contributed by atoms with E-state index in [2.05, 4.69) is 15.0 Å². The van der Waals surface area contributed by atoms with E-state index >= 15 is 0 Å². The number of aryl methyl sites for hydroxylation is 1. The predicted octanol–water partition coefficient (Wildman–Crippen LogP) is 3.19. The van der Waals surface area contributed by atoms with Gasteiger partial charge in [-0.15, -0.1) is 0 Å². The van der Waals surface area contributed by atoms with Crippen molar-refractivity contribution in [3.05, 3.63) is 58.9 Å². The number of carbonyl (C=O) groups excluding carboxylic acids is 1. The van der Waals surface area contributed by atoms with Crippen molar-refractivity contribution in [2.24, 2.45) is 0 Å². The average molecular weight is 362 g/mol. The van der Waals surface area contributed by atoms with Gasteiger partial charge in [0.1, 0.15) is 11.4 Å². The molecule has 1 aromatic heterocycles. The molecule has 1 unspecified atom stereocenters. The van der Waals surface area contributed by atoms with Crippen molar-refractivity contribution < 1.29 is 28.2 Å². The number of benzene rings is 1. The number of carboxylic acid groups (broad SMARTS) is 1. The van der Waals surface area contributed by atoms with E-state index < -0.39 is 18.5 Å². The third kappa shape index (κ3) is 3.96. The molecule has 1 amide bonds. The first-order valence-corrected chi connectivity index (χ1v) is 8.02. The minimum atomic E-state index is -2.89. The van der Waals surface area contributed by atoms with Crippen molar-refractivity contribution in [1.29, 1.82) is 0 Å². The molecule has 0 fully saturated rings. The lowest BCUT2D eigenvalue weighted by atomic mass is 9.87. The Morgan fingerprint density at radius 3 is 2.81 bits per heavy atom. The third-order valence-corrected chi connectivity index (χ3v) is 4.20. The second-order valence-electron chi connectivity index (χ2n) is 5.89. The zero-order valence-corrected chi connectivity index (χ0v) is 13.6. The Kier molecular flexibility index (Phi) is 5.11. The molecule has 0 saturated heterocycles. The van der Waals surface area contributed by atoms with Crippen molar-refractivity contribution in [2.45, 2.75) is 31.9 Å². The Bertz CT molecular complexity index is 842. The lowest BCUT2D eigenvalue weighted by Gasteiger charge is -2.27. The number of aromatic carboxylic acids is 1. The van der Waals surface area contributed by atoms with E-state index in [1.807, 2.05) is 0 Å². The number of carboxylic acids is 1. The fraction of sp³-hybridized carbons (Fsp3) is 0.278. The minimum Gasteiger partial charge on any atom is -0.477 e. The highest BCUT2D eigenvalue weighted by atomic mass is 19.3. The number of pyridine rings is 1. The van der Waals surface area contributed by atoms with Crippen molar-refractivity contribution in [3.8, 4) is 5.75 Å². The lowest BCUT2D eigenvalue weighted by molar-refractivity contribution is -0.0499. The van der Waals surface area contributed by atoms with Crippen LogP contribution < -0.4 is 10.1 Å². The quantitative estimate of drug-likeness (QED) is 0.853. The Labute approximate surface area is 147 Å². The summed E-state index contributed by atoms with van der Waals surface area (Å²) in [5, 5.41) is 11.8. The number of alkyl halides is 2. The van der Waals surface area contributed by atoms with Gasteiger partial charge in [-0.05, 0) is 54.7 Å². The van der Waals surface area contributed by atoms with Crippen molar-refractivity contribution >= 4 is 11.9 Å². The highest BCUT2D eigenvalue weighted by Gasteiger charge is 2.23. The lowest BCUT2D eigenvalue weighted by Crippen LogP contribution is -2.31. The largest absolute Gasteiger partial charge is 0.477 e. The van der Waals surface area contributed by atoms with Crippen LogP contribution in [-0.4, -0.2) is 28.6 Å². The first-order valence-electron chi connectivity index (χ1n) is 8.02. The van der Waals surface area contributed by atoms with E-state index in [1.165, 1.54) is 24.4 Å². The number of hydrogen-bond acceptors (Lipinski definition) is 4. The van der Waals surface area contributed by atoms with Gasteiger partial charge in [-0.1, -0.05) is 6.07 Å². The van der Waals surface area contributed by atoms with Crippen molar-refractivity contribution in [2.75, 3.05) is 0 Å². The molecule has 1 heterocycles. The summed E-state index contributed by atoms with van der Waals surface area (Å²) in [6, 6.07) is 7.05. The Morgan fingerprint density at radius 1 is 1.27 bits per heavy atom. The van der Waals surface area contributed by atoms with Crippen LogP contribution in [0, 0.1) is 0 Å². The normalized spacial score (nSPS) is 16.0. The standard InChI is InChI=1S/C18H16F2N2O4/c19-18(20)26-12-4-5-13-10(8-12)2-1-3-14(13)22-16(23)11-6-7-21-15(9-11)17(24)25/h4-9,14,18H,1-3H2,(H,22,23)(H,24,25). The minimum absolute atomic E-state index is 0.0889. The van der Waals surface area contributed by atoms with Gasteiger partial charge in [0.15, 0.2) is 0 Å². The molecule has 6 nitrogen and oxygen atoms in total. The van der Waals surface area contributed by atoms with Crippen LogP contribution in [0.2, 0.25) is 0 Å². The van der Waals surface area contributed by atoms with Gasteiger partial charge < -0.3 is 15.2 Å². The van der Waals surface area contributed by atoms with Crippen LogP contribution >= 0.6 is 0 Å². The summed E-state index contributed by atoms with van der Waals surface area (Å²) in [6.07, 6.45) is 3.46. The van der Waals surface area contributed by atoms with Crippen LogP contribution in [0.4, 0.5) is 8.78 Å². The molecule has 2 aromatic rings. The van der Waals surface area contributed by atoms with E-state index in [-0.39, 0.29) is 23.0 Å². The van der Waals surface area contributed by atoms with Gasteiger partial charge in [-0.3, -0.25) is 4.79 Å². The molecule has 2 N–H and O–H groups in total. The summed E-state index contributed by atoms with van der Waals surface area (Å²) in [4.78, 5) is 27.1. The molecule has 26 heavy (non-hydrogen) atoms. The topological polar surface area (TPSA) is 88.5 Å². The van der Waals surface area contributed by atoms with Gasteiger partial charge in [0.2, 0.25) is 0 Å². The fourth-order valence-electron chi connectivity index (χ4n) is 3.05. The zero-order chi connectivity index (χ0) is 18.7. The van der Waals surface area contributed by atoms with E-state index in [0.29, 0.717) is 12.8 Å². The number of fused-ring (bicyclic) bond motifs is 1. The van der Waals surface area contributed by atoms with Gasteiger partial charge in [0.05, 0.1) is 6.04 Å². The molecule has 1 aromatic carbocycles. The molecule has 0 radical (unpaired) electrons. The Balaban J connectivity index is 1.78. The van der Waals surface area contributed by atoms with Crippen molar-refractivity contribution in [3.63, 3.8) is 0 Å². The smallest absolute Gasteiger partial charge is 0.387 e. The number of ether oxygens (including phenoxy) is 1. The van der Waals surface area contributed by atoms with Crippen LogP contribution in [0.3, 0.4) is 0 Å². The Morgan fingerprint density at radius 2 is 2.08 bits per heavy atom. The van der Waals surface area contributed by atoms with Gasteiger partial charge in [0, 0.05) is 11.8 Å². The summed E-state index contributed by atoms with van der Waals surface area (Å²) in [7, 11) is 0. The van der Waals surface area contributed by atoms with E-state index in [1.54, 1.807) is 12.1 Å². The van der Waals surface area contributed by atoms with Gasteiger partial charge >= 0.3 is 12.6 Å². The molecule has 1 aliphatic carbocycles. The SMILES string of the molecule is O=C(NC1CCCc2cc(OC(F)F)ccc21)c1ccnc(C(=O)O)c1. The molecule has 0 saturated carbocycles. The number of carbonyl (C=O) groups is 2. The number of aromatic nitrogens is 1. The first-order chi connectivity index (χ1) is 12.4. The van der Waals surface area contributed by atoms with Crippen LogP contribution in [0.5, 0.6) is 5.75 Å². The number of halogens is 2. The summed E-state index contributed by atoms with van der Waals surface area (Å²) < 4.78 is 29.1. The predicted molar refractivity (Wildman–Crippen MR) is 87.4 cm³/mol. The maximum absolute atomic E-state index is 12.5. The Hall–Kier alpha value is -3.03. The first kappa shape index (κ1) is 17.8. The van der Waals surface area contributed by atoms with Crippen LogP contribution in [0.25, 0.3) is 0 Å². The van der Waals surface area contributed by atoms with Crippen LogP contribution in [-0.2, 0) is 6.42 Å². The molecule has 136 valence electrons. The van der Waals surface area contributed by atoms with E-state index in [9.17, 15) is 18.4 Å². The third-order valence-electron chi connectivity index (χ3n) is 4.20. The molecule has 1 aliphatic rings. The second-order valence-corrected chi connectivity index (χ2v) is 5.89. The number of amides is 1. The maximum Gasteiger partial charge on any atom is 0.387 e. The summed E-state index contributed by atoms with van der Waals surface area (Å²) >= 11 is 0. The van der Waals surface area contributed by atoms with Gasteiger partial charge in [0.25, 0.3) is 5.91 Å². The second kappa shape index (κ2) is 7.47. The summed E-state index contributed by atoms with van der Waals surface area (Å²) in [6.45, 7) is -2.89. The zero-order valence-electron chi connectivity index (χ0n) is 13.6. The highest BCUT2D eigenvalue weighted by Crippen LogP contribution is 2.32. The molecular weight excluding hydrogens is 346 g/mol. The maximum atomic E-state index is 12.5. The van der Waals surface area contributed by atoms with Gasteiger partial charge in [-0.2, -0.15) is 8.78 Å². The molecule has 8 heteroatoms. The molecule has 0 bridgehead atoms. The van der Waals surface area contributed by atoms with Crippen LogP contribution in [0.1, 0.15) is 50.9 Å². The van der Waals surface area contributed by atoms with E-state index in [0.717, 1.165) is 17.5 Å². The van der Waals surface area contributed by atoms with Gasteiger partial charge in [-0.25, -0.2) is 9.78 Å². The number of nitrogens with zero attached hydrogens (tertiary/aromatic N) is 1. The summed E-state index contributed by atoms with van der Waals surface area (Å²) in [5.74, 6) is -1.54. The van der Waals surface area contributed by atoms with E-state index in [4.69, 9.17) is 5.11 Å². The number of hydrogen-bond donors (Lipinski definition) is 2. The molecule has 1 atom stereocenters. The van der Waals surface area contributed by atoms with Crippen LogP contribution in [0.15, 0.2) is 36.5 Å².